The van der Waals surface area contributed by atoms with E-state index >= 15 is 0 Å². The van der Waals surface area contributed by atoms with Crippen molar-refractivity contribution in [1.29, 1.82) is 0 Å². The van der Waals surface area contributed by atoms with Gasteiger partial charge in [0, 0.05) is 40.8 Å². The van der Waals surface area contributed by atoms with Crippen molar-refractivity contribution in [2.45, 2.75) is 31.2 Å². The van der Waals surface area contributed by atoms with Gasteiger partial charge in [-0.05, 0) is 37.5 Å². The Morgan fingerprint density at radius 1 is 1.39 bits per heavy atom. The van der Waals surface area contributed by atoms with Crippen molar-refractivity contribution in [3.63, 3.8) is 0 Å². The van der Waals surface area contributed by atoms with E-state index in [1.165, 1.54) is 0 Å². The molecule has 1 unspecified atom stereocenters. The van der Waals surface area contributed by atoms with Crippen LogP contribution in [-0.2, 0) is 0 Å². The molecule has 2 aromatic heterocycles. The molecule has 0 saturated heterocycles. The van der Waals surface area contributed by atoms with Crippen molar-refractivity contribution >= 4 is 23.3 Å². The molecular weight excluding hydrogens is 312 g/mol. The maximum Gasteiger partial charge on any atom is 0.319 e. The third-order valence-electron chi connectivity index (χ3n) is 4.15. The molecule has 2 heterocycles. The number of amides is 2. The minimum atomic E-state index is -0.113. The number of nitrogens with zero attached hydrogens (tertiary/aromatic N) is 2. The van der Waals surface area contributed by atoms with Gasteiger partial charge in [-0.1, -0.05) is 23.8 Å². The predicted molar refractivity (Wildman–Crippen MR) is 89.5 cm³/mol. The van der Waals surface area contributed by atoms with Gasteiger partial charge < -0.3 is 15.0 Å². The summed E-state index contributed by atoms with van der Waals surface area (Å²) < 4.78 is 2.04. The Morgan fingerprint density at radius 3 is 3.09 bits per heavy atom. The summed E-state index contributed by atoms with van der Waals surface area (Å²) in [5.41, 5.74) is 2.83. The molecule has 0 bridgehead atoms. The molecule has 2 aromatic rings. The Labute approximate surface area is 139 Å². The van der Waals surface area contributed by atoms with Crippen molar-refractivity contribution < 1.29 is 4.79 Å². The third kappa shape index (κ3) is 3.10. The van der Waals surface area contributed by atoms with Crippen LogP contribution in [0.2, 0.25) is 5.02 Å². The number of imidazole rings is 1. The van der Waals surface area contributed by atoms with Gasteiger partial charge in [-0.15, -0.1) is 0 Å². The molecule has 2 aliphatic carbocycles. The Bertz CT molecular complexity index is 819. The molecule has 0 radical (unpaired) electrons. The normalized spacial score (nSPS) is 20.4. The number of fused-ring (bicyclic) bond motifs is 1. The number of urea groups is 1. The van der Waals surface area contributed by atoms with Crippen molar-refractivity contribution in [1.82, 2.24) is 20.0 Å². The fourth-order valence-electron chi connectivity index (χ4n) is 2.82. The van der Waals surface area contributed by atoms with E-state index in [0.29, 0.717) is 11.1 Å². The maximum atomic E-state index is 11.9. The van der Waals surface area contributed by atoms with Crippen LogP contribution in [0.3, 0.4) is 0 Å². The van der Waals surface area contributed by atoms with Gasteiger partial charge in [-0.3, -0.25) is 0 Å². The first kappa shape index (κ1) is 14.3. The summed E-state index contributed by atoms with van der Waals surface area (Å²) in [5.74, 6) is 0.174. The molecule has 1 fully saturated rings. The zero-order chi connectivity index (χ0) is 15.8. The fourth-order valence-corrected chi connectivity index (χ4v) is 2.97. The SMILES string of the molecule is O=C(NC1=CC=CC(c2cnc3cc(Cl)ccn23)C1)NC1CC1. The Morgan fingerprint density at radius 2 is 2.26 bits per heavy atom. The van der Waals surface area contributed by atoms with E-state index in [2.05, 4.69) is 21.7 Å². The number of carbonyl (C=O) groups excluding carboxylic acids is 1. The first-order valence-electron chi connectivity index (χ1n) is 7.76. The summed E-state index contributed by atoms with van der Waals surface area (Å²) in [7, 11) is 0. The summed E-state index contributed by atoms with van der Waals surface area (Å²) in [6, 6.07) is 3.94. The first-order valence-corrected chi connectivity index (χ1v) is 8.14. The summed E-state index contributed by atoms with van der Waals surface area (Å²) in [6.45, 7) is 0. The van der Waals surface area contributed by atoms with Crippen molar-refractivity contribution in [2.75, 3.05) is 0 Å². The summed E-state index contributed by atoms with van der Waals surface area (Å²) in [5, 5.41) is 6.56. The van der Waals surface area contributed by atoms with E-state index in [0.717, 1.165) is 36.3 Å². The lowest BCUT2D eigenvalue weighted by atomic mass is 9.95. The van der Waals surface area contributed by atoms with Gasteiger partial charge in [0.2, 0.25) is 0 Å². The highest BCUT2D eigenvalue weighted by Gasteiger charge is 2.24. The molecule has 4 rings (SSSR count). The van der Waals surface area contributed by atoms with E-state index in [1.807, 2.05) is 41.1 Å². The maximum absolute atomic E-state index is 11.9. The Balaban J connectivity index is 1.50. The minimum absolute atomic E-state index is 0.113. The Hall–Kier alpha value is -2.27. The van der Waals surface area contributed by atoms with Crippen LogP contribution in [0.1, 0.15) is 30.9 Å². The van der Waals surface area contributed by atoms with E-state index < -0.39 is 0 Å². The smallest absolute Gasteiger partial charge is 0.319 e. The van der Waals surface area contributed by atoms with Crippen LogP contribution in [-0.4, -0.2) is 21.5 Å². The van der Waals surface area contributed by atoms with E-state index in [9.17, 15) is 4.79 Å². The van der Waals surface area contributed by atoms with Crippen molar-refractivity contribution in [3.8, 4) is 0 Å². The van der Waals surface area contributed by atoms with Gasteiger partial charge in [-0.25, -0.2) is 9.78 Å². The molecule has 23 heavy (non-hydrogen) atoms. The highest BCUT2D eigenvalue weighted by atomic mass is 35.5. The standard InChI is InChI=1S/C17H17ClN4O/c18-12-6-7-22-15(10-19-16(22)9-12)11-2-1-3-14(8-11)21-17(23)20-13-4-5-13/h1-3,6-7,9-11,13H,4-5,8H2,(H2,20,21,23). The molecule has 5 nitrogen and oxygen atoms in total. The van der Waals surface area contributed by atoms with Crippen LogP contribution in [0.15, 0.2) is 48.5 Å². The molecule has 118 valence electrons. The second kappa shape index (κ2) is 5.74. The quantitative estimate of drug-likeness (QED) is 0.907. The number of halogens is 1. The molecule has 2 aliphatic rings. The number of pyridine rings is 1. The molecule has 1 atom stereocenters. The molecule has 0 aromatic carbocycles. The van der Waals surface area contributed by atoms with Crippen LogP contribution in [0.5, 0.6) is 0 Å². The third-order valence-corrected chi connectivity index (χ3v) is 4.39. The fraction of sp³-hybridized carbons (Fsp3) is 0.294. The van der Waals surface area contributed by atoms with E-state index in [1.54, 1.807) is 0 Å². The number of nitrogens with one attached hydrogen (secondary N) is 2. The first-order chi connectivity index (χ1) is 11.2. The summed E-state index contributed by atoms with van der Waals surface area (Å²) in [4.78, 5) is 16.3. The lowest BCUT2D eigenvalue weighted by Gasteiger charge is -2.19. The monoisotopic (exact) mass is 328 g/mol. The molecule has 1 saturated carbocycles. The number of hydrogen-bond donors (Lipinski definition) is 2. The van der Waals surface area contributed by atoms with E-state index in [-0.39, 0.29) is 11.9 Å². The average Bonchev–Trinajstić information content (AvgIpc) is 3.24. The van der Waals surface area contributed by atoms with Gasteiger partial charge in [0.1, 0.15) is 5.65 Å². The number of allylic oxidation sites excluding steroid dienone is 4. The largest absolute Gasteiger partial charge is 0.335 e. The zero-order valence-corrected chi connectivity index (χ0v) is 13.3. The molecule has 6 heteroatoms. The molecule has 2 amide bonds. The highest BCUT2D eigenvalue weighted by molar-refractivity contribution is 6.30. The molecular formula is C17H17ClN4O. The van der Waals surface area contributed by atoms with Crippen LogP contribution in [0.4, 0.5) is 4.79 Å². The second-order valence-electron chi connectivity index (χ2n) is 6.02. The lowest BCUT2D eigenvalue weighted by Crippen LogP contribution is -2.36. The molecule has 0 spiro atoms. The van der Waals surface area contributed by atoms with Crippen LogP contribution in [0.25, 0.3) is 5.65 Å². The van der Waals surface area contributed by atoms with Crippen LogP contribution in [0, 0.1) is 0 Å². The van der Waals surface area contributed by atoms with E-state index in [4.69, 9.17) is 11.6 Å². The van der Waals surface area contributed by atoms with Crippen molar-refractivity contribution in [2.24, 2.45) is 0 Å². The highest BCUT2D eigenvalue weighted by Crippen LogP contribution is 2.28. The number of hydrogen-bond acceptors (Lipinski definition) is 2. The van der Waals surface area contributed by atoms with Gasteiger partial charge in [0.15, 0.2) is 0 Å². The number of aromatic nitrogens is 2. The van der Waals surface area contributed by atoms with Crippen LogP contribution >= 0.6 is 11.6 Å². The molecule has 2 N–H and O–H groups in total. The average molecular weight is 329 g/mol. The predicted octanol–water partition coefficient (Wildman–Crippen LogP) is 3.38. The van der Waals surface area contributed by atoms with Gasteiger partial charge >= 0.3 is 6.03 Å². The molecule has 0 aliphatic heterocycles. The number of rotatable bonds is 3. The second-order valence-corrected chi connectivity index (χ2v) is 6.45. The zero-order valence-electron chi connectivity index (χ0n) is 12.5. The minimum Gasteiger partial charge on any atom is -0.335 e. The summed E-state index contributed by atoms with van der Waals surface area (Å²) in [6.07, 6.45) is 12.8. The van der Waals surface area contributed by atoms with Crippen molar-refractivity contribution in [3.05, 3.63) is 59.2 Å². The Kier molecular flexibility index (Phi) is 3.58. The van der Waals surface area contributed by atoms with Gasteiger partial charge in [0.25, 0.3) is 0 Å². The summed E-state index contributed by atoms with van der Waals surface area (Å²) >= 11 is 6.01. The lowest BCUT2D eigenvalue weighted by molar-refractivity contribution is 0.242. The van der Waals surface area contributed by atoms with Crippen LogP contribution < -0.4 is 10.6 Å². The topological polar surface area (TPSA) is 58.4 Å². The van der Waals surface area contributed by atoms with Gasteiger partial charge in [-0.2, -0.15) is 0 Å². The van der Waals surface area contributed by atoms with Gasteiger partial charge in [0.05, 0.1) is 0 Å². The number of carbonyl (C=O) groups is 1.